The van der Waals surface area contributed by atoms with E-state index in [4.69, 9.17) is 34.8 Å². The van der Waals surface area contributed by atoms with Gasteiger partial charge in [-0.3, -0.25) is 0 Å². The number of rotatable bonds is 7. The lowest BCUT2D eigenvalue weighted by molar-refractivity contribution is 0.446. The third-order valence-corrected chi connectivity index (χ3v) is 4.34. The molecule has 0 spiro atoms. The van der Waals surface area contributed by atoms with Crippen LogP contribution in [0.5, 0.6) is 0 Å². The first-order chi connectivity index (χ1) is 8.58. The summed E-state index contributed by atoms with van der Waals surface area (Å²) >= 11 is 18.4. The normalized spacial score (nSPS) is 13.0. The number of nitrogens with one attached hydrogen (secondary N) is 1. The summed E-state index contributed by atoms with van der Waals surface area (Å²) < 4.78 is 0. The van der Waals surface area contributed by atoms with Crippen molar-refractivity contribution in [2.75, 3.05) is 6.54 Å². The maximum Gasteiger partial charge on any atom is 0.0488 e. The van der Waals surface area contributed by atoms with Gasteiger partial charge >= 0.3 is 0 Å². The molecule has 1 aromatic rings. The van der Waals surface area contributed by atoms with Crippen LogP contribution in [0.25, 0.3) is 0 Å². The van der Waals surface area contributed by atoms with E-state index in [0.29, 0.717) is 17.5 Å². The minimum absolute atomic E-state index is 0.165. The average molecular weight is 309 g/mol. The molecule has 1 rings (SSSR count). The van der Waals surface area contributed by atoms with Crippen LogP contribution in [0.15, 0.2) is 18.2 Å². The Labute approximate surface area is 125 Å². The summed E-state index contributed by atoms with van der Waals surface area (Å²) in [4.78, 5) is 0. The molecule has 1 atom stereocenters. The first kappa shape index (κ1) is 16.1. The van der Waals surface area contributed by atoms with Crippen LogP contribution in [0.3, 0.4) is 0 Å². The van der Waals surface area contributed by atoms with Crippen LogP contribution in [0.4, 0.5) is 0 Å². The Balaban J connectivity index is 2.44. The van der Waals surface area contributed by atoms with E-state index in [0.717, 1.165) is 30.0 Å². The molecule has 0 saturated carbocycles. The van der Waals surface area contributed by atoms with E-state index in [9.17, 15) is 0 Å². The molecule has 0 aromatic heterocycles. The summed E-state index contributed by atoms with van der Waals surface area (Å²) in [6.07, 6.45) is 2.23. The van der Waals surface area contributed by atoms with E-state index in [2.05, 4.69) is 19.2 Å². The highest BCUT2D eigenvalue weighted by Gasteiger charge is 2.15. The first-order valence-corrected chi connectivity index (χ1v) is 7.56. The van der Waals surface area contributed by atoms with Gasteiger partial charge < -0.3 is 5.32 Å². The highest BCUT2D eigenvalue weighted by molar-refractivity contribution is 6.33. The van der Waals surface area contributed by atoms with Crippen molar-refractivity contribution in [2.24, 2.45) is 5.92 Å². The largest absolute Gasteiger partial charge is 0.311 e. The van der Waals surface area contributed by atoms with Crippen molar-refractivity contribution in [3.63, 3.8) is 0 Å². The molecule has 0 amide bonds. The number of alkyl halides is 1. The lowest BCUT2D eigenvalue weighted by atomic mass is 9.99. The van der Waals surface area contributed by atoms with Gasteiger partial charge in [-0.05, 0) is 29.7 Å². The lowest BCUT2D eigenvalue weighted by Gasteiger charge is -2.19. The summed E-state index contributed by atoms with van der Waals surface area (Å²) in [6, 6.07) is 5.50. The van der Waals surface area contributed by atoms with Crippen LogP contribution < -0.4 is 5.32 Å². The van der Waals surface area contributed by atoms with Crippen LogP contribution in [-0.4, -0.2) is 11.9 Å². The predicted octanol–water partition coefficient (Wildman–Crippen LogP) is 5.13. The standard InChI is InChI=1S/C14H20Cl3N/c1-3-10(4-2)14(17)9-18-8-11-7-12(15)5-6-13(11)16/h5-7,10,14,18H,3-4,8-9H2,1-2H3. The van der Waals surface area contributed by atoms with Gasteiger partial charge in [-0.15, -0.1) is 11.6 Å². The Morgan fingerprint density at radius 2 is 1.83 bits per heavy atom. The second-order valence-corrected chi connectivity index (χ2v) is 5.86. The monoisotopic (exact) mass is 307 g/mol. The van der Waals surface area contributed by atoms with Crippen molar-refractivity contribution in [3.8, 4) is 0 Å². The molecule has 1 N–H and O–H groups in total. The third kappa shape index (κ3) is 4.97. The second-order valence-electron chi connectivity index (χ2n) is 4.46. The fourth-order valence-electron chi connectivity index (χ4n) is 1.99. The molecule has 0 fully saturated rings. The van der Waals surface area contributed by atoms with Gasteiger partial charge in [-0.2, -0.15) is 0 Å². The summed E-state index contributed by atoms with van der Waals surface area (Å²) in [6.45, 7) is 5.84. The Bertz CT molecular complexity index is 364. The van der Waals surface area contributed by atoms with Gasteiger partial charge in [-0.25, -0.2) is 0 Å². The summed E-state index contributed by atoms with van der Waals surface area (Å²) in [7, 11) is 0. The van der Waals surface area contributed by atoms with Gasteiger partial charge in [-0.1, -0.05) is 49.9 Å². The van der Waals surface area contributed by atoms with E-state index in [1.807, 2.05) is 12.1 Å². The molecule has 1 aromatic carbocycles. The molecule has 0 saturated heterocycles. The van der Waals surface area contributed by atoms with Crippen LogP contribution >= 0.6 is 34.8 Å². The van der Waals surface area contributed by atoms with Gasteiger partial charge in [0.15, 0.2) is 0 Å². The molecule has 1 unspecified atom stereocenters. The Morgan fingerprint density at radius 3 is 2.44 bits per heavy atom. The molecular weight excluding hydrogens is 289 g/mol. The molecule has 18 heavy (non-hydrogen) atoms. The van der Waals surface area contributed by atoms with Crippen LogP contribution in [-0.2, 0) is 6.54 Å². The van der Waals surface area contributed by atoms with Crippen molar-refractivity contribution in [1.29, 1.82) is 0 Å². The SMILES string of the molecule is CCC(CC)C(Cl)CNCc1cc(Cl)ccc1Cl. The predicted molar refractivity (Wildman–Crippen MR) is 81.9 cm³/mol. The molecule has 0 aliphatic carbocycles. The number of benzene rings is 1. The highest BCUT2D eigenvalue weighted by Crippen LogP contribution is 2.21. The topological polar surface area (TPSA) is 12.0 Å². The summed E-state index contributed by atoms with van der Waals surface area (Å²) in [5.74, 6) is 0.564. The minimum Gasteiger partial charge on any atom is -0.311 e. The van der Waals surface area contributed by atoms with Gasteiger partial charge in [0.2, 0.25) is 0 Å². The zero-order chi connectivity index (χ0) is 13.5. The van der Waals surface area contributed by atoms with Crippen molar-refractivity contribution in [2.45, 2.75) is 38.6 Å². The summed E-state index contributed by atoms with van der Waals surface area (Å²) in [5, 5.41) is 4.95. The van der Waals surface area contributed by atoms with Gasteiger partial charge in [0.1, 0.15) is 0 Å². The lowest BCUT2D eigenvalue weighted by Crippen LogP contribution is -2.28. The first-order valence-electron chi connectivity index (χ1n) is 6.37. The van der Waals surface area contributed by atoms with Gasteiger partial charge in [0.05, 0.1) is 0 Å². The van der Waals surface area contributed by atoms with Gasteiger partial charge in [0, 0.05) is 28.5 Å². The molecule has 4 heteroatoms. The molecule has 0 aliphatic rings. The zero-order valence-electron chi connectivity index (χ0n) is 10.8. The zero-order valence-corrected chi connectivity index (χ0v) is 13.1. The number of hydrogen-bond acceptors (Lipinski definition) is 1. The molecule has 0 radical (unpaired) electrons. The molecule has 0 bridgehead atoms. The second kappa shape index (κ2) is 8.27. The Kier molecular flexibility index (Phi) is 7.40. The highest BCUT2D eigenvalue weighted by atomic mass is 35.5. The van der Waals surface area contributed by atoms with Crippen molar-refractivity contribution in [1.82, 2.24) is 5.32 Å². The van der Waals surface area contributed by atoms with Crippen LogP contribution in [0.1, 0.15) is 32.3 Å². The van der Waals surface area contributed by atoms with E-state index in [-0.39, 0.29) is 5.38 Å². The van der Waals surface area contributed by atoms with Crippen LogP contribution in [0, 0.1) is 5.92 Å². The maximum absolute atomic E-state index is 6.36. The smallest absolute Gasteiger partial charge is 0.0488 e. The molecule has 1 nitrogen and oxygen atoms in total. The Hall–Kier alpha value is 0.0500. The minimum atomic E-state index is 0.165. The van der Waals surface area contributed by atoms with Crippen molar-refractivity contribution in [3.05, 3.63) is 33.8 Å². The fourth-order valence-corrected chi connectivity index (χ4v) is 2.83. The van der Waals surface area contributed by atoms with E-state index >= 15 is 0 Å². The van der Waals surface area contributed by atoms with Crippen molar-refractivity contribution < 1.29 is 0 Å². The van der Waals surface area contributed by atoms with Gasteiger partial charge in [0.25, 0.3) is 0 Å². The van der Waals surface area contributed by atoms with E-state index in [1.165, 1.54) is 0 Å². The van der Waals surface area contributed by atoms with E-state index in [1.54, 1.807) is 6.07 Å². The number of hydrogen-bond donors (Lipinski definition) is 1. The van der Waals surface area contributed by atoms with E-state index < -0.39 is 0 Å². The molecule has 0 heterocycles. The Morgan fingerprint density at radius 1 is 1.17 bits per heavy atom. The fraction of sp³-hybridized carbons (Fsp3) is 0.571. The van der Waals surface area contributed by atoms with Crippen molar-refractivity contribution >= 4 is 34.8 Å². The molecule has 0 aliphatic heterocycles. The third-order valence-electron chi connectivity index (χ3n) is 3.22. The van der Waals surface area contributed by atoms with Crippen LogP contribution in [0.2, 0.25) is 10.0 Å². The summed E-state index contributed by atoms with van der Waals surface area (Å²) in [5.41, 5.74) is 1.01. The maximum atomic E-state index is 6.36. The molecular formula is C14H20Cl3N. The average Bonchev–Trinajstić information content (AvgIpc) is 2.35. The number of halogens is 3. The quantitative estimate of drug-likeness (QED) is 0.689. The molecule has 102 valence electrons.